The number of ether oxygens (including phenoxy) is 1. The van der Waals surface area contributed by atoms with Crippen molar-refractivity contribution < 1.29 is 14.3 Å². The molecule has 1 N–H and O–H groups in total. The Hall–Kier alpha value is -2.34. The molecule has 0 aliphatic carbocycles. The van der Waals surface area contributed by atoms with E-state index in [-0.39, 0.29) is 24.5 Å². The van der Waals surface area contributed by atoms with Gasteiger partial charge >= 0.3 is 5.97 Å². The fourth-order valence-corrected chi connectivity index (χ4v) is 3.93. The lowest BCUT2D eigenvalue weighted by atomic mass is 10.2. The minimum Gasteiger partial charge on any atom is -0.462 e. The molecule has 0 radical (unpaired) electrons. The van der Waals surface area contributed by atoms with E-state index in [4.69, 9.17) is 4.74 Å². The van der Waals surface area contributed by atoms with Gasteiger partial charge in [-0.3, -0.25) is 4.79 Å². The maximum absolute atomic E-state index is 12.6. The van der Waals surface area contributed by atoms with Crippen LogP contribution in [0.5, 0.6) is 0 Å². The first-order valence-electron chi connectivity index (χ1n) is 8.53. The third kappa shape index (κ3) is 4.20. The molecule has 0 spiro atoms. The number of rotatable bonds is 6. The van der Waals surface area contributed by atoms with Crippen LogP contribution < -0.4 is 5.32 Å². The summed E-state index contributed by atoms with van der Waals surface area (Å²) in [6, 6.07) is 11.3. The predicted octanol–water partition coefficient (Wildman–Crippen LogP) is 3.70. The number of anilines is 1. The van der Waals surface area contributed by atoms with Gasteiger partial charge in [-0.25, -0.2) is 4.79 Å². The Balaban J connectivity index is 1.56. The van der Waals surface area contributed by atoms with Crippen molar-refractivity contribution in [1.82, 2.24) is 4.90 Å². The van der Waals surface area contributed by atoms with Crippen molar-refractivity contribution in [3.8, 4) is 0 Å². The van der Waals surface area contributed by atoms with Crippen LogP contribution in [0.3, 0.4) is 0 Å². The summed E-state index contributed by atoms with van der Waals surface area (Å²) in [7, 11) is 0. The summed E-state index contributed by atoms with van der Waals surface area (Å²) in [5.74, 6) is -0.230. The summed E-state index contributed by atoms with van der Waals surface area (Å²) in [5.41, 5.74) is 1.32. The second-order valence-corrected chi connectivity index (χ2v) is 6.89. The smallest absolute Gasteiger partial charge is 0.338 e. The normalized spacial score (nSPS) is 16.7. The second-order valence-electron chi connectivity index (χ2n) is 5.91. The van der Waals surface area contributed by atoms with E-state index < -0.39 is 0 Å². The van der Waals surface area contributed by atoms with Crippen molar-refractivity contribution in [2.75, 3.05) is 25.0 Å². The Labute approximate surface area is 151 Å². The lowest BCUT2D eigenvalue weighted by Crippen LogP contribution is -2.34. The number of nitrogens with zero attached hydrogens (tertiary/aromatic N) is 1. The molecule has 0 saturated carbocycles. The van der Waals surface area contributed by atoms with Crippen LogP contribution in [0.25, 0.3) is 0 Å². The fourth-order valence-electron chi connectivity index (χ4n) is 3.06. The number of thiophene rings is 1. The minimum absolute atomic E-state index is 0.102. The van der Waals surface area contributed by atoms with Crippen LogP contribution in [0, 0.1) is 0 Å². The molecule has 1 aromatic heterocycles. The van der Waals surface area contributed by atoms with Crippen LogP contribution in [-0.2, 0) is 9.53 Å². The van der Waals surface area contributed by atoms with Crippen molar-refractivity contribution in [2.45, 2.75) is 25.8 Å². The molecule has 1 amide bonds. The molecule has 0 bridgehead atoms. The molecule has 132 valence electrons. The molecule has 1 unspecified atom stereocenters. The monoisotopic (exact) mass is 358 g/mol. The number of benzene rings is 1. The summed E-state index contributed by atoms with van der Waals surface area (Å²) < 4.78 is 4.96. The maximum atomic E-state index is 12.6. The third-order valence-electron chi connectivity index (χ3n) is 4.28. The Morgan fingerprint density at radius 2 is 2.08 bits per heavy atom. The number of hydrogen-bond donors (Lipinski definition) is 1. The Morgan fingerprint density at radius 1 is 1.28 bits per heavy atom. The molecule has 25 heavy (non-hydrogen) atoms. The largest absolute Gasteiger partial charge is 0.462 e. The number of esters is 1. The third-order valence-corrected chi connectivity index (χ3v) is 5.26. The molecule has 1 atom stereocenters. The Morgan fingerprint density at radius 3 is 2.76 bits per heavy atom. The summed E-state index contributed by atoms with van der Waals surface area (Å²) in [6.45, 7) is 3.20. The summed E-state index contributed by atoms with van der Waals surface area (Å²) in [5, 5.41) is 5.20. The molecule has 2 heterocycles. The predicted molar refractivity (Wildman–Crippen MR) is 98.9 cm³/mol. The number of carbonyl (C=O) groups is 2. The van der Waals surface area contributed by atoms with Gasteiger partial charge < -0.3 is 15.0 Å². The van der Waals surface area contributed by atoms with Gasteiger partial charge in [0.05, 0.1) is 24.8 Å². The molecule has 1 aromatic carbocycles. The zero-order valence-corrected chi connectivity index (χ0v) is 15.1. The van der Waals surface area contributed by atoms with Gasteiger partial charge in [-0.2, -0.15) is 0 Å². The van der Waals surface area contributed by atoms with Crippen molar-refractivity contribution >= 4 is 28.9 Å². The highest BCUT2D eigenvalue weighted by Gasteiger charge is 2.30. The Bertz CT molecular complexity index is 713. The number of nitrogens with one attached hydrogen (secondary N) is 1. The van der Waals surface area contributed by atoms with Crippen LogP contribution in [0.2, 0.25) is 0 Å². The molecule has 1 aliphatic heterocycles. The quantitative estimate of drug-likeness (QED) is 0.800. The fraction of sp³-hybridized carbons (Fsp3) is 0.368. The maximum Gasteiger partial charge on any atom is 0.338 e. The van der Waals surface area contributed by atoms with Gasteiger partial charge in [0, 0.05) is 17.1 Å². The summed E-state index contributed by atoms with van der Waals surface area (Å²) in [4.78, 5) is 27.4. The van der Waals surface area contributed by atoms with E-state index in [2.05, 4.69) is 16.8 Å². The molecule has 1 fully saturated rings. The van der Waals surface area contributed by atoms with Gasteiger partial charge in [-0.15, -0.1) is 11.3 Å². The molecular weight excluding hydrogens is 336 g/mol. The van der Waals surface area contributed by atoms with Gasteiger partial charge in [0.2, 0.25) is 5.91 Å². The molecule has 6 heteroatoms. The number of amides is 1. The first kappa shape index (κ1) is 17.5. The van der Waals surface area contributed by atoms with E-state index in [1.165, 1.54) is 4.88 Å². The van der Waals surface area contributed by atoms with E-state index in [0.717, 1.165) is 25.1 Å². The highest BCUT2D eigenvalue weighted by atomic mass is 32.1. The van der Waals surface area contributed by atoms with E-state index in [1.807, 2.05) is 11.0 Å². The van der Waals surface area contributed by atoms with E-state index in [1.54, 1.807) is 42.5 Å². The summed E-state index contributed by atoms with van der Waals surface area (Å²) >= 11 is 1.71. The SMILES string of the molecule is CCOC(=O)c1ccc(NCC(=O)N2CCCC2c2cccs2)cc1. The lowest BCUT2D eigenvalue weighted by molar-refractivity contribution is -0.130. The summed E-state index contributed by atoms with van der Waals surface area (Å²) in [6.07, 6.45) is 2.07. The van der Waals surface area contributed by atoms with Crippen LogP contribution in [0.1, 0.15) is 41.0 Å². The Kier molecular flexibility index (Phi) is 5.71. The van der Waals surface area contributed by atoms with Gasteiger partial charge in [0.1, 0.15) is 0 Å². The highest BCUT2D eigenvalue weighted by molar-refractivity contribution is 7.10. The van der Waals surface area contributed by atoms with Crippen LogP contribution in [-0.4, -0.2) is 36.5 Å². The average molecular weight is 358 g/mol. The topological polar surface area (TPSA) is 58.6 Å². The first-order chi connectivity index (χ1) is 12.2. The van der Waals surface area contributed by atoms with E-state index >= 15 is 0 Å². The average Bonchev–Trinajstić information content (AvgIpc) is 3.31. The zero-order chi connectivity index (χ0) is 17.6. The molecule has 5 nitrogen and oxygen atoms in total. The highest BCUT2D eigenvalue weighted by Crippen LogP contribution is 2.34. The van der Waals surface area contributed by atoms with Gasteiger partial charge in [-0.05, 0) is 55.5 Å². The first-order valence-corrected chi connectivity index (χ1v) is 9.41. The van der Waals surface area contributed by atoms with Gasteiger partial charge in [-0.1, -0.05) is 6.07 Å². The zero-order valence-electron chi connectivity index (χ0n) is 14.2. The number of likely N-dealkylation sites (tertiary alicyclic amines) is 1. The van der Waals surface area contributed by atoms with Crippen LogP contribution in [0.15, 0.2) is 41.8 Å². The number of carbonyl (C=O) groups excluding carboxylic acids is 2. The molecule has 1 saturated heterocycles. The van der Waals surface area contributed by atoms with Crippen molar-refractivity contribution in [3.63, 3.8) is 0 Å². The molecular formula is C19H22N2O3S. The number of hydrogen-bond acceptors (Lipinski definition) is 5. The van der Waals surface area contributed by atoms with Crippen LogP contribution in [0.4, 0.5) is 5.69 Å². The van der Waals surface area contributed by atoms with Crippen molar-refractivity contribution in [3.05, 3.63) is 52.2 Å². The van der Waals surface area contributed by atoms with Crippen LogP contribution >= 0.6 is 11.3 Å². The van der Waals surface area contributed by atoms with Crippen molar-refractivity contribution in [2.24, 2.45) is 0 Å². The van der Waals surface area contributed by atoms with E-state index in [0.29, 0.717) is 12.2 Å². The van der Waals surface area contributed by atoms with Gasteiger partial charge in [0.15, 0.2) is 0 Å². The van der Waals surface area contributed by atoms with Gasteiger partial charge in [0.25, 0.3) is 0 Å². The lowest BCUT2D eigenvalue weighted by Gasteiger charge is -2.24. The minimum atomic E-state index is -0.332. The molecule has 2 aromatic rings. The molecule has 1 aliphatic rings. The van der Waals surface area contributed by atoms with Crippen molar-refractivity contribution in [1.29, 1.82) is 0 Å². The second kappa shape index (κ2) is 8.16. The molecule has 3 rings (SSSR count). The standard InChI is InChI=1S/C19H22N2O3S/c1-2-24-19(23)14-7-9-15(10-8-14)20-13-18(22)21-11-3-5-16(21)17-6-4-12-25-17/h4,6-10,12,16,20H,2-3,5,11,13H2,1H3. The van der Waals surface area contributed by atoms with E-state index in [9.17, 15) is 9.59 Å².